The topological polar surface area (TPSA) is 56.1 Å². The van der Waals surface area contributed by atoms with E-state index in [0.29, 0.717) is 10.7 Å². The first-order chi connectivity index (χ1) is 11.6. The van der Waals surface area contributed by atoms with Crippen LogP contribution >= 0.6 is 11.6 Å². The number of nitriles is 1. The average molecular weight is 338 g/mol. The number of carbonyl (C=O) groups excluding carboxylic acids is 1. The number of para-hydroxylation sites is 1. The Labute approximate surface area is 146 Å². The van der Waals surface area contributed by atoms with Crippen LogP contribution in [-0.2, 0) is 11.2 Å². The largest absolute Gasteiger partial charge is 0.346 e. The molecule has 0 radical (unpaired) electrons. The number of hydrogen-bond donors (Lipinski definition) is 1. The van der Waals surface area contributed by atoms with E-state index in [0.717, 1.165) is 24.2 Å². The van der Waals surface area contributed by atoms with Crippen LogP contribution < -0.4 is 10.2 Å². The van der Waals surface area contributed by atoms with E-state index >= 15 is 0 Å². The van der Waals surface area contributed by atoms with E-state index in [2.05, 4.69) is 11.4 Å². The van der Waals surface area contributed by atoms with Gasteiger partial charge in [0.1, 0.15) is 11.6 Å². The Bertz CT molecular complexity index is 867. The Balaban J connectivity index is 1.80. The standard InChI is InChI=1S/C19H16ClN3O/c1-13-6-7-16(10-17(13)20)22-19(24)15(11-21)12-23-9-8-14-4-2-3-5-18(14)23/h2-7,10,12H,8-9H2,1H3,(H,22,24)/b15-12-. The number of aryl methyl sites for hydroxylation is 1. The Morgan fingerprint density at radius 1 is 1.33 bits per heavy atom. The molecule has 5 heteroatoms. The van der Waals surface area contributed by atoms with Crippen molar-refractivity contribution in [1.29, 1.82) is 5.26 Å². The van der Waals surface area contributed by atoms with Gasteiger partial charge in [0.15, 0.2) is 0 Å². The minimum absolute atomic E-state index is 0.0587. The number of carbonyl (C=O) groups is 1. The molecular weight excluding hydrogens is 322 g/mol. The van der Waals surface area contributed by atoms with Crippen LogP contribution in [0.3, 0.4) is 0 Å². The van der Waals surface area contributed by atoms with E-state index in [1.165, 1.54) is 5.56 Å². The SMILES string of the molecule is Cc1ccc(NC(=O)/C(C#N)=C\N2CCc3ccccc32)cc1Cl. The van der Waals surface area contributed by atoms with Crippen molar-refractivity contribution < 1.29 is 4.79 Å². The number of anilines is 2. The molecule has 0 atom stereocenters. The third kappa shape index (κ3) is 3.27. The second-order valence-electron chi connectivity index (χ2n) is 5.64. The number of nitrogens with one attached hydrogen (secondary N) is 1. The van der Waals surface area contributed by atoms with Crippen molar-refractivity contribution in [2.45, 2.75) is 13.3 Å². The first-order valence-corrected chi connectivity index (χ1v) is 8.00. The number of benzene rings is 2. The fourth-order valence-electron chi connectivity index (χ4n) is 2.66. The Morgan fingerprint density at radius 3 is 2.88 bits per heavy atom. The molecule has 0 spiro atoms. The zero-order valence-corrected chi connectivity index (χ0v) is 14.0. The number of halogens is 1. The maximum atomic E-state index is 12.4. The average Bonchev–Trinajstić information content (AvgIpc) is 2.99. The third-order valence-corrected chi connectivity index (χ3v) is 4.41. The van der Waals surface area contributed by atoms with E-state index in [9.17, 15) is 10.1 Å². The van der Waals surface area contributed by atoms with Gasteiger partial charge >= 0.3 is 0 Å². The van der Waals surface area contributed by atoms with Gasteiger partial charge in [-0.05, 0) is 42.7 Å². The molecule has 0 bridgehead atoms. The molecule has 4 nitrogen and oxygen atoms in total. The van der Waals surface area contributed by atoms with Gasteiger partial charge in [0.05, 0.1) is 0 Å². The van der Waals surface area contributed by atoms with Gasteiger partial charge in [-0.25, -0.2) is 0 Å². The van der Waals surface area contributed by atoms with Gasteiger partial charge in [-0.1, -0.05) is 35.9 Å². The fourth-order valence-corrected chi connectivity index (χ4v) is 2.84. The molecule has 0 unspecified atom stereocenters. The van der Waals surface area contributed by atoms with Crippen molar-refractivity contribution in [3.63, 3.8) is 0 Å². The molecule has 24 heavy (non-hydrogen) atoms. The molecule has 1 N–H and O–H groups in total. The van der Waals surface area contributed by atoms with Gasteiger partial charge in [-0.2, -0.15) is 5.26 Å². The lowest BCUT2D eigenvalue weighted by Gasteiger charge is -2.14. The Morgan fingerprint density at radius 2 is 2.12 bits per heavy atom. The summed E-state index contributed by atoms with van der Waals surface area (Å²) in [6, 6.07) is 15.2. The van der Waals surface area contributed by atoms with Crippen molar-refractivity contribution in [2.24, 2.45) is 0 Å². The summed E-state index contributed by atoms with van der Waals surface area (Å²) in [7, 11) is 0. The van der Waals surface area contributed by atoms with Crippen LogP contribution in [0.1, 0.15) is 11.1 Å². The molecule has 0 saturated heterocycles. The summed E-state index contributed by atoms with van der Waals surface area (Å²) < 4.78 is 0. The first kappa shape index (κ1) is 16.1. The lowest BCUT2D eigenvalue weighted by molar-refractivity contribution is -0.112. The van der Waals surface area contributed by atoms with Crippen LogP contribution in [0, 0.1) is 18.3 Å². The summed E-state index contributed by atoms with van der Waals surface area (Å²) in [5, 5.41) is 12.6. The summed E-state index contributed by atoms with van der Waals surface area (Å²) in [4.78, 5) is 14.3. The van der Waals surface area contributed by atoms with E-state index in [1.54, 1.807) is 18.3 Å². The maximum absolute atomic E-state index is 12.4. The third-order valence-electron chi connectivity index (χ3n) is 4.00. The zero-order valence-electron chi connectivity index (χ0n) is 13.2. The summed E-state index contributed by atoms with van der Waals surface area (Å²) in [6.45, 7) is 2.65. The predicted octanol–water partition coefficient (Wildman–Crippen LogP) is 4.06. The molecule has 3 rings (SSSR count). The molecule has 1 amide bonds. The Kier molecular flexibility index (Phi) is 4.54. The van der Waals surface area contributed by atoms with E-state index < -0.39 is 5.91 Å². The number of hydrogen-bond acceptors (Lipinski definition) is 3. The maximum Gasteiger partial charge on any atom is 0.267 e. The van der Waals surface area contributed by atoms with Gasteiger partial charge in [0.2, 0.25) is 0 Å². The van der Waals surface area contributed by atoms with Crippen LogP contribution in [0.5, 0.6) is 0 Å². The monoisotopic (exact) mass is 337 g/mol. The highest BCUT2D eigenvalue weighted by molar-refractivity contribution is 6.31. The number of nitrogens with zero attached hydrogens (tertiary/aromatic N) is 2. The lowest BCUT2D eigenvalue weighted by Crippen LogP contribution is -2.19. The highest BCUT2D eigenvalue weighted by Crippen LogP contribution is 2.28. The summed E-state index contributed by atoms with van der Waals surface area (Å²) in [6.07, 6.45) is 2.51. The molecule has 0 fully saturated rings. The lowest BCUT2D eigenvalue weighted by atomic mass is 10.2. The quantitative estimate of drug-likeness (QED) is 0.679. The molecule has 0 aliphatic carbocycles. The highest BCUT2D eigenvalue weighted by atomic mass is 35.5. The molecule has 2 aromatic carbocycles. The minimum atomic E-state index is -0.443. The van der Waals surface area contributed by atoms with Gasteiger partial charge in [-0.15, -0.1) is 0 Å². The van der Waals surface area contributed by atoms with Crippen LogP contribution in [0.25, 0.3) is 0 Å². The van der Waals surface area contributed by atoms with Crippen molar-refractivity contribution in [3.05, 3.63) is 70.4 Å². The number of fused-ring (bicyclic) bond motifs is 1. The smallest absolute Gasteiger partial charge is 0.267 e. The normalized spacial score (nSPS) is 13.4. The molecule has 2 aromatic rings. The highest BCUT2D eigenvalue weighted by Gasteiger charge is 2.19. The van der Waals surface area contributed by atoms with Crippen LogP contribution in [-0.4, -0.2) is 12.5 Å². The van der Waals surface area contributed by atoms with Crippen molar-refractivity contribution in [1.82, 2.24) is 0 Å². The molecule has 120 valence electrons. The second kappa shape index (κ2) is 6.77. The van der Waals surface area contributed by atoms with Gasteiger partial charge < -0.3 is 10.2 Å². The molecule has 0 saturated carbocycles. The van der Waals surface area contributed by atoms with Crippen LogP contribution in [0.15, 0.2) is 54.2 Å². The minimum Gasteiger partial charge on any atom is -0.346 e. The van der Waals surface area contributed by atoms with Crippen LogP contribution in [0.2, 0.25) is 5.02 Å². The summed E-state index contributed by atoms with van der Waals surface area (Å²) in [5.74, 6) is -0.443. The van der Waals surface area contributed by atoms with Crippen LogP contribution in [0.4, 0.5) is 11.4 Å². The number of amides is 1. The van der Waals surface area contributed by atoms with E-state index in [1.807, 2.05) is 42.2 Å². The predicted molar refractivity (Wildman–Crippen MR) is 96.0 cm³/mol. The summed E-state index contributed by atoms with van der Waals surface area (Å²) in [5.41, 5.74) is 3.81. The molecule has 1 aliphatic rings. The zero-order chi connectivity index (χ0) is 17.1. The Hall–Kier alpha value is -2.77. The first-order valence-electron chi connectivity index (χ1n) is 7.62. The molecular formula is C19H16ClN3O. The number of rotatable bonds is 3. The van der Waals surface area contributed by atoms with Crippen molar-refractivity contribution in [3.8, 4) is 6.07 Å². The molecule has 1 heterocycles. The van der Waals surface area contributed by atoms with Gasteiger partial charge in [0.25, 0.3) is 5.91 Å². The van der Waals surface area contributed by atoms with E-state index in [4.69, 9.17) is 11.6 Å². The van der Waals surface area contributed by atoms with Gasteiger partial charge in [-0.3, -0.25) is 4.79 Å². The van der Waals surface area contributed by atoms with Crippen molar-refractivity contribution in [2.75, 3.05) is 16.8 Å². The summed E-state index contributed by atoms with van der Waals surface area (Å²) >= 11 is 6.07. The van der Waals surface area contributed by atoms with Crippen molar-refractivity contribution >= 4 is 28.9 Å². The van der Waals surface area contributed by atoms with E-state index in [-0.39, 0.29) is 5.57 Å². The molecule has 0 aromatic heterocycles. The second-order valence-corrected chi connectivity index (χ2v) is 6.05. The fraction of sp³-hybridized carbons (Fsp3) is 0.158. The van der Waals surface area contributed by atoms with Gasteiger partial charge in [0, 0.05) is 29.1 Å². The molecule has 1 aliphatic heterocycles.